The molecule has 1 aliphatic rings. The lowest BCUT2D eigenvalue weighted by atomic mass is 10.2. The lowest BCUT2D eigenvalue weighted by Crippen LogP contribution is -2.40. The maximum absolute atomic E-state index is 12.0. The molecule has 2 amide bonds. The van der Waals surface area contributed by atoms with E-state index in [1.54, 1.807) is 7.11 Å². The van der Waals surface area contributed by atoms with Crippen LogP contribution in [-0.4, -0.2) is 31.1 Å². The molecule has 1 aliphatic heterocycles. The summed E-state index contributed by atoms with van der Waals surface area (Å²) in [5.41, 5.74) is 1.09. The van der Waals surface area contributed by atoms with Gasteiger partial charge in [-0.1, -0.05) is 25.0 Å². The summed E-state index contributed by atoms with van der Waals surface area (Å²) >= 11 is 0. The Morgan fingerprint density at radius 2 is 1.79 bits per heavy atom. The third kappa shape index (κ3) is 4.16. The van der Waals surface area contributed by atoms with Crippen LogP contribution in [0.1, 0.15) is 31.2 Å². The molecule has 0 radical (unpaired) electrons. The second-order valence-electron chi connectivity index (χ2n) is 4.91. The number of methoxy groups -OCH3 is 1. The van der Waals surface area contributed by atoms with E-state index in [4.69, 9.17) is 4.74 Å². The summed E-state index contributed by atoms with van der Waals surface area (Å²) in [5, 5.41) is 2.98. The summed E-state index contributed by atoms with van der Waals surface area (Å²) < 4.78 is 5.11. The van der Waals surface area contributed by atoms with Gasteiger partial charge in [0, 0.05) is 19.6 Å². The van der Waals surface area contributed by atoms with Gasteiger partial charge in [-0.3, -0.25) is 0 Å². The van der Waals surface area contributed by atoms with E-state index < -0.39 is 0 Å². The highest BCUT2D eigenvalue weighted by molar-refractivity contribution is 5.74. The van der Waals surface area contributed by atoms with Crippen LogP contribution < -0.4 is 10.1 Å². The van der Waals surface area contributed by atoms with Gasteiger partial charge >= 0.3 is 6.03 Å². The number of carbonyl (C=O) groups excluding carboxylic acids is 1. The number of likely N-dealkylation sites (tertiary alicyclic amines) is 1. The summed E-state index contributed by atoms with van der Waals surface area (Å²) in [4.78, 5) is 14.0. The van der Waals surface area contributed by atoms with Crippen LogP contribution in [0.2, 0.25) is 0 Å². The predicted molar refractivity (Wildman–Crippen MR) is 75.3 cm³/mol. The molecule has 1 N–H and O–H groups in total. The van der Waals surface area contributed by atoms with Crippen LogP contribution in [0.3, 0.4) is 0 Å². The van der Waals surface area contributed by atoms with Crippen molar-refractivity contribution in [1.82, 2.24) is 10.2 Å². The monoisotopic (exact) mass is 262 g/mol. The maximum Gasteiger partial charge on any atom is 0.317 e. The molecule has 0 atom stereocenters. The number of benzene rings is 1. The summed E-state index contributed by atoms with van der Waals surface area (Å²) in [6.07, 6.45) is 4.72. The number of ether oxygens (including phenoxy) is 1. The molecule has 0 spiro atoms. The molecule has 0 saturated carbocycles. The minimum atomic E-state index is 0.0534. The topological polar surface area (TPSA) is 41.6 Å². The van der Waals surface area contributed by atoms with Crippen LogP contribution in [0.25, 0.3) is 0 Å². The van der Waals surface area contributed by atoms with Crippen molar-refractivity contribution in [3.63, 3.8) is 0 Å². The first-order valence-electron chi connectivity index (χ1n) is 6.95. The molecule has 4 heteroatoms. The van der Waals surface area contributed by atoms with Crippen molar-refractivity contribution in [3.05, 3.63) is 29.8 Å². The lowest BCUT2D eigenvalue weighted by molar-refractivity contribution is 0.199. The van der Waals surface area contributed by atoms with Gasteiger partial charge in [-0.15, -0.1) is 0 Å². The molecule has 1 fully saturated rings. The number of hydrogen-bond donors (Lipinski definition) is 1. The Balaban J connectivity index is 1.81. The van der Waals surface area contributed by atoms with Gasteiger partial charge in [-0.05, 0) is 30.5 Å². The highest BCUT2D eigenvalue weighted by atomic mass is 16.5. The molecule has 1 heterocycles. The Bertz CT molecular complexity index is 395. The molecule has 104 valence electrons. The van der Waals surface area contributed by atoms with E-state index in [-0.39, 0.29) is 6.03 Å². The molecule has 0 bridgehead atoms. The smallest absolute Gasteiger partial charge is 0.317 e. The van der Waals surface area contributed by atoms with E-state index in [1.807, 2.05) is 29.2 Å². The third-order valence-electron chi connectivity index (χ3n) is 3.50. The molecule has 0 aliphatic carbocycles. The molecule has 1 aromatic carbocycles. The Labute approximate surface area is 114 Å². The predicted octanol–water partition coefficient (Wildman–Crippen LogP) is 2.78. The second-order valence-corrected chi connectivity index (χ2v) is 4.91. The van der Waals surface area contributed by atoms with E-state index in [2.05, 4.69) is 5.32 Å². The molecule has 4 nitrogen and oxygen atoms in total. The van der Waals surface area contributed by atoms with E-state index >= 15 is 0 Å². The zero-order valence-corrected chi connectivity index (χ0v) is 11.5. The van der Waals surface area contributed by atoms with Crippen molar-refractivity contribution in [2.24, 2.45) is 0 Å². The average molecular weight is 262 g/mol. The number of nitrogens with one attached hydrogen (secondary N) is 1. The van der Waals surface area contributed by atoms with Gasteiger partial charge in [-0.2, -0.15) is 0 Å². The van der Waals surface area contributed by atoms with Crippen LogP contribution in [0.15, 0.2) is 24.3 Å². The summed E-state index contributed by atoms with van der Waals surface area (Å²) in [7, 11) is 1.65. The Kier molecular flexibility index (Phi) is 5.07. The maximum atomic E-state index is 12.0. The van der Waals surface area contributed by atoms with E-state index in [0.29, 0.717) is 6.54 Å². The largest absolute Gasteiger partial charge is 0.497 e. The fourth-order valence-electron chi connectivity index (χ4n) is 2.31. The van der Waals surface area contributed by atoms with Gasteiger partial charge in [0.2, 0.25) is 0 Å². The van der Waals surface area contributed by atoms with Gasteiger partial charge in [0.1, 0.15) is 5.75 Å². The number of hydrogen-bond acceptors (Lipinski definition) is 2. The standard InChI is InChI=1S/C15H22N2O2/c1-19-14-8-6-13(7-9-14)12-16-15(18)17-10-4-2-3-5-11-17/h6-9H,2-5,10-12H2,1H3,(H,16,18). The first-order valence-corrected chi connectivity index (χ1v) is 6.95. The lowest BCUT2D eigenvalue weighted by Gasteiger charge is -2.20. The number of carbonyl (C=O) groups is 1. The molecule has 2 rings (SSSR count). The van der Waals surface area contributed by atoms with E-state index in [1.165, 1.54) is 12.8 Å². The number of urea groups is 1. The van der Waals surface area contributed by atoms with Crippen LogP contribution >= 0.6 is 0 Å². The van der Waals surface area contributed by atoms with Gasteiger partial charge in [0.05, 0.1) is 7.11 Å². The highest BCUT2D eigenvalue weighted by Gasteiger charge is 2.14. The fourth-order valence-corrected chi connectivity index (χ4v) is 2.31. The fraction of sp³-hybridized carbons (Fsp3) is 0.533. The normalized spacial score (nSPS) is 15.7. The van der Waals surface area contributed by atoms with Crippen LogP contribution in [0.5, 0.6) is 5.75 Å². The molecule has 0 aromatic heterocycles. The van der Waals surface area contributed by atoms with E-state index in [0.717, 1.165) is 37.2 Å². The van der Waals surface area contributed by atoms with Crippen molar-refractivity contribution in [2.45, 2.75) is 32.2 Å². The first kappa shape index (κ1) is 13.7. The highest BCUT2D eigenvalue weighted by Crippen LogP contribution is 2.12. The average Bonchev–Trinajstić information content (AvgIpc) is 2.74. The van der Waals surface area contributed by atoms with Gasteiger partial charge in [0.25, 0.3) is 0 Å². The van der Waals surface area contributed by atoms with Crippen LogP contribution in [0.4, 0.5) is 4.79 Å². The van der Waals surface area contributed by atoms with Crippen LogP contribution in [-0.2, 0) is 6.54 Å². The Morgan fingerprint density at radius 3 is 2.37 bits per heavy atom. The number of rotatable bonds is 3. The van der Waals surface area contributed by atoms with Crippen molar-refractivity contribution in [1.29, 1.82) is 0 Å². The molecule has 19 heavy (non-hydrogen) atoms. The van der Waals surface area contributed by atoms with Gasteiger partial charge in [0.15, 0.2) is 0 Å². The zero-order valence-electron chi connectivity index (χ0n) is 11.5. The number of amides is 2. The van der Waals surface area contributed by atoms with Gasteiger partial charge in [-0.25, -0.2) is 4.79 Å². The Morgan fingerprint density at radius 1 is 1.16 bits per heavy atom. The van der Waals surface area contributed by atoms with Crippen molar-refractivity contribution in [3.8, 4) is 5.75 Å². The molecule has 1 saturated heterocycles. The summed E-state index contributed by atoms with van der Waals surface area (Å²) in [6, 6.07) is 7.82. The summed E-state index contributed by atoms with van der Waals surface area (Å²) in [5.74, 6) is 0.836. The molecular weight excluding hydrogens is 240 g/mol. The van der Waals surface area contributed by atoms with Crippen molar-refractivity contribution in [2.75, 3.05) is 20.2 Å². The summed E-state index contributed by atoms with van der Waals surface area (Å²) in [6.45, 7) is 2.34. The molecule has 1 aromatic rings. The van der Waals surface area contributed by atoms with Crippen molar-refractivity contribution >= 4 is 6.03 Å². The first-order chi connectivity index (χ1) is 9.29. The molecule has 0 unspecified atom stereocenters. The van der Waals surface area contributed by atoms with Crippen molar-refractivity contribution < 1.29 is 9.53 Å². The third-order valence-corrected chi connectivity index (χ3v) is 3.50. The van der Waals surface area contributed by atoms with Crippen LogP contribution in [0, 0.1) is 0 Å². The minimum Gasteiger partial charge on any atom is -0.497 e. The van der Waals surface area contributed by atoms with E-state index in [9.17, 15) is 4.79 Å². The van der Waals surface area contributed by atoms with Gasteiger partial charge < -0.3 is 15.0 Å². The Hall–Kier alpha value is -1.71. The zero-order chi connectivity index (χ0) is 13.5. The SMILES string of the molecule is COc1ccc(CNC(=O)N2CCCCCC2)cc1. The quantitative estimate of drug-likeness (QED) is 0.910. The molecular formula is C15H22N2O2. The minimum absolute atomic E-state index is 0.0534. The second kappa shape index (κ2) is 7.02. The number of nitrogens with zero attached hydrogens (tertiary/aromatic N) is 1.